The average molecular weight is 410 g/mol. The lowest BCUT2D eigenvalue weighted by Gasteiger charge is -2.22. The number of ketones is 1. The first-order valence-corrected chi connectivity index (χ1v) is 10.3. The fourth-order valence-corrected chi connectivity index (χ4v) is 3.76. The average Bonchev–Trinajstić information content (AvgIpc) is 3.08. The van der Waals surface area contributed by atoms with Crippen molar-refractivity contribution in [2.45, 2.75) is 26.6 Å². The standard InChI is InChI=1S/C27H22O4/c1-17-7-3-4-9-20(17)16-29-22-11-12-23-25(15-22)31-26(27(23)28)14-21-13-19-8-5-6-10-24(19)30-18(21)2/h3-15,18H,16H2,1-2H3/b26-14-. The molecule has 1 unspecified atom stereocenters. The predicted molar refractivity (Wildman–Crippen MR) is 120 cm³/mol. The Balaban J connectivity index is 1.36. The van der Waals surface area contributed by atoms with Gasteiger partial charge in [-0.1, -0.05) is 42.5 Å². The van der Waals surface area contributed by atoms with Crippen LogP contribution in [0.3, 0.4) is 0 Å². The quantitative estimate of drug-likeness (QED) is 0.503. The molecule has 2 aliphatic rings. The number of aryl methyl sites for hydroxylation is 1. The highest BCUT2D eigenvalue weighted by atomic mass is 16.5. The van der Waals surface area contributed by atoms with Gasteiger partial charge in [-0.3, -0.25) is 4.79 Å². The molecule has 0 bridgehead atoms. The first kappa shape index (κ1) is 19.2. The first-order chi connectivity index (χ1) is 15.1. The molecular weight excluding hydrogens is 388 g/mol. The van der Waals surface area contributed by atoms with Crippen LogP contribution in [-0.2, 0) is 6.61 Å². The van der Waals surface area contributed by atoms with E-state index in [-0.39, 0.29) is 11.9 Å². The van der Waals surface area contributed by atoms with Crippen LogP contribution in [0.1, 0.15) is 34.0 Å². The second-order valence-electron chi connectivity index (χ2n) is 7.76. The van der Waals surface area contributed by atoms with E-state index in [1.807, 2.05) is 61.5 Å². The molecule has 0 spiro atoms. The van der Waals surface area contributed by atoms with Crippen molar-refractivity contribution in [1.82, 2.24) is 0 Å². The summed E-state index contributed by atoms with van der Waals surface area (Å²) in [5.74, 6) is 2.19. The van der Waals surface area contributed by atoms with Crippen molar-refractivity contribution in [2.24, 2.45) is 0 Å². The van der Waals surface area contributed by atoms with Crippen LogP contribution >= 0.6 is 0 Å². The maximum Gasteiger partial charge on any atom is 0.231 e. The van der Waals surface area contributed by atoms with Gasteiger partial charge in [0.15, 0.2) is 5.76 Å². The van der Waals surface area contributed by atoms with Gasteiger partial charge in [0, 0.05) is 11.6 Å². The number of carbonyl (C=O) groups is 1. The van der Waals surface area contributed by atoms with E-state index >= 15 is 0 Å². The summed E-state index contributed by atoms with van der Waals surface area (Å²) in [5.41, 5.74) is 4.73. The Morgan fingerprint density at radius 1 is 1.00 bits per heavy atom. The van der Waals surface area contributed by atoms with Gasteiger partial charge in [-0.15, -0.1) is 0 Å². The van der Waals surface area contributed by atoms with Crippen LogP contribution in [0, 0.1) is 6.92 Å². The Labute approximate surface area is 181 Å². The molecule has 0 radical (unpaired) electrons. The zero-order valence-corrected chi connectivity index (χ0v) is 17.4. The highest BCUT2D eigenvalue weighted by Gasteiger charge is 2.29. The number of ether oxygens (including phenoxy) is 3. The first-order valence-electron chi connectivity index (χ1n) is 10.3. The summed E-state index contributed by atoms with van der Waals surface area (Å²) in [6.45, 7) is 4.48. The fourth-order valence-electron chi connectivity index (χ4n) is 3.76. The molecule has 2 aliphatic heterocycles. The Hall–Kier alpha value is -3.79. The van der Waals surface area contributed by atoms with Crippen molar-refractivity contribution in [2.75, 3.05) is 0 Å². The van der Waals surface area contributed by atoms with Crippen LogP contribution in [0.15, 0.2) is 84.1 Å². The second-order valence-corrected chi connectivity index (χ2v) is 7.76. The molecule has 2 heterocycles. The number of rotatable bonds is 4. The van der Waals surface area contributed by atoms with Crippen LogP contribution in [0.5, 0.6) is 17.2 Å². The topological polar surface area (TPSA) is 44.8 Å². The number of hydrogen-bond acceptors (Lipinski definition) is 4. The minimum absolute atomic E-state index is 0.132. The van der Waals surface area contributed by atoms with Crippen LogP contribution in [0.2, 0.25) is 0 Å². The monoisotopic (exact) mass is 410 g/mol. The maximum absolute atomic E-state index is 12.9. The number of fused-ring (bicyclic) bond motifs is 2. The predicted octanol–water partition coefficient (Wildman–Crippen LogP) is 5.90. The molecule has 31 heavy (non-hydrogen) atoms. The van der Waals surface area contributed by atoms with Crippen molar-refractivity contribution in [1.29, 1.82) is 0 Å². The summed E-state index contributed by atoms with van der Waals surface area (Å²) in [5, 5.41) is 0. The zero-order chi connectivity index (χ0) is 21.4. The molecule has 3 aromatic carbocycles. The molecule has 4 nitrogen and oxygen atoms in total. The lowest BCUT2D eigenvalue weighted by molar-refractivity contribution is 0.101. The van der Waals surface area contributed by atoms with Gasteiger partial charge in [0.05, 0.1) is 5.56 Å². The number of carbonyl (C=O) groups excluding carboxylic acids is 1. The molecule has 0 fully saturated rings. The Bertz CT molecular complexity index is 1240. The van der Waals surface area contributed by atoms with E-state index in [1.165, 1.54) is 5.56 Å². The van der Waals surface area contributed by atoms with E-state index in [0.29, 0.717) is 29.4 Å². The van der Waals surface area contributed by atoms with Gasteiger partial charge in [-0.05, 0) is 60.9 Å². The number of Topliss-reactive ketones (excluding diaryl/α,β-unsaturated/α-hetero) is 1. The van der Waals surface area contributed by atoms with Crippen LogP contribution in [0.4, 0.5) is 0 Å². The Kier molecular flexibility index (Phi) is 4.83. The summed E-state index contributed by atoms with van der Waals surface area (Å²) in [7, 11) is 0. The normalized spacial score (nSPS) is 18.0. The Morgan fingerprint density at radius 2 is 1.81 bits per heavy atom. The molecule has 0 saturated carbocycles. The third kappa shape index (κ3) is 3.73. The minimum Gasteiger partial charge on any atom is -0.489 e. The molecule has 4 heteroatoms. The number of benzene rings is 3. The molecule has 0 N–H and O–H groups in total. The fraction of sp³-hybridized carbons (Fsp3) is 0.148. The highest BCUT2D eigenvalue weighted by Crippen LogP contribution is 2.36. The van der Waals surface area contributed by atoms with E-state index < -0.39 is 0 Å². The molecule has 0 amide bonds. The van der Waals surface area contributed by atoms with E-state index in [2.05, 4.69) is 13.0 Å². The molecule has 1 atom stereocenters. The SMILES string of the molecule is Cc1ccccc1COc1ccc2c(c1)O/C(=C\C1=Cc3ccccc3OC1C)C2=O. The number of allylic oxidation sites excluding steroid dienone is 1. The van der Waals surface area contributed by atoms with E-state index in [0.717, 1.165) is 22.4 Å². The van der Waals surface area contributed by atoms with Gasteiger partial charge in [-0.2, -0.15) is 0 Å². The largest absolute Gasteiger partial charge is 0.489 e. The molecule has 154 valence electrons. The molecule has 0 aromatic heterocycles. The van der Waals surface area contributed by atoms with Gasteiger partial charge in [0.2, 0.25) is 5.78 Å². The Morgan fingerprint density at radius 3 is 2.68 bits per heavy atom. The van der Waals surface area contributed by atoms with E-state index in [1.54, 1.807) is 18.2 Å². The van der Waals surface area contributed by atoms with Crippen molar-refractivity contribution >= 4 is 11.9 Å². The summed E-state index contributed by atoms with van der Waals surface area (Å²) in [4.78, 5) is 12.9. The van der Waals surface area contributed by atoms with Crippen LogP contribution in [-0.4, -0.2) is 11.9 Å². The summed E-state index contributed by atoms with van der Waals surface area (Å²) in [6.07, 6.45) is 3.64. The number of hydrogen-bond donors (Lipinski definition) is 0. The van der Waals surface area contributed by atoms with Crippen LogP contribution < -0.4 is 14.2 Å². The molecular formula is C27H22O4. The van der Waals surface area contributed by atoms with Crippen molar-refractivity contribution in [3.8, 4) is 17.2 Å². The molecule has 5 rings (SSSR count). The van der Waals surface area contributed by atoms with Crippen molar-refractivity contribution < 1.29 is 19.0 Å². The second kappa shape index (κ2) is 7.80. The summed E-state index contributed by atoms with van der Waals surface area (Å²) in [6, 6.07) is 21.3. The van der Waals surface area contributed by atoms with Gasteiger partial charge < -0.3 is 14.2 Å². The minimum atomic E-state index is -0.171. The van der Waals surface area contributed by atoms with Gasteiger partial charge in [0.1, 0.15) is 30.0 Å². The highest BCUT2D eigenvalue weighted by molar-refractivity contribution is 6.12. The lowest BCUT2D eigenvalue weighted by atomic mass is 10.0. The smallest absolute Gasteiger partial charge is 0.231 e. The summed E-state index contributed by atoms with van der Waals surface area (Å²) < 4.78 is 17.8. The van der Waals surface area contributed by atoms with Crippen molar-refractivity contribution in [3.63, 3.8) is 0 Å². The third-order valence-corrected chi connectivity index (χ3v) is 5.61. The molecule has 0 saturated heterocycles. The van der Waals surface area contributed by atoms with Crippen LogP contribution in [0.25, 0.3) is 6.08 Å². The summed E-state index contributed by atoms with van der Waals surface area (Å²) >= 11 is 0. The van der Waals surface area contributed by atoms with Gasteiger partial charge in [0.25, 0.3) is 0 Å². The van der Waals surface area contributed by atoms with Gasteiger partial charge >= 0.3 is 0 Å². The number of para-hydroxylation sites is 1. The zero-order valence-electron chi connectivity index (χ0n) is 17.4. The molecule has 3 aromatic rings. The van der Waals surface area contributed by atoms with Gasteiger partial charge in [-0.25, -0.2) is 0 Å². The third-order valence-electron chi connectivity index (χ3n) is 5.61. The lowest BCUT2D eigenvalue weighted by Crippen LogP contribution is -2.18. The van der Waals surface area contributed by atoms with E-state index in [9.17, 15) is 4.79 Å². The maximum atomic E-state index is 12.9. The molecule has 0 aliphatic carbocycles. The van der Waals surface area contributed by atoms with Crippen molar-refractivity contribution in [3.05, 3.63) is 106 Å². The van der Waals surface area contributed by atoms with E-state index in [4.69, 9.17) is 14.2 Å².